The molecule has 0 saturated carbocycles. The molecule has 1 unspecified atom stereocenters. The molecule has 1 heterocycles. The van der Waals surface area contributed by atoms with Gasteiger partial charge in [0.2, 0.25) is 0 Å². The second-order valence-electron chi connectivity index (χ2n) is 5.27. The van der Waals surface area contributed by atoms with Gasteiger partial charge in [-0.15, -0.1) is 0 Å². The molecule has 0 aromatic heterocycles. The lowest BCUT2D eigenvalue weighted by Gasteiger charge is -2.12. The van der Waals surface area contributed by atoms with Gasteiger partial charge >= 0.3 is 0 Å². The molecule has 2 N–H and O–H groups in total. The van der Waals surface area contributed by atoms with Crippen LogP contribution < -0.4 is 5.32 Å². The third kappa shape index (κ3) is 2.67. The van der Waals surface area contributed by atoms with Gasteiger partial charge in [0.15, 0.2) is 17.3 Å². The van der Waals surface area contributed by atoms with E-state index >= 15 is 0 Å². The van der Waals surface area contributed by atoms with E-state index in [1.165, 1.54) is 12.1 Å². The van der Waals surface area contributed by atoms with E-state index in [-0.39, 0.29) is 11.7 Å². The van der Waals surface area contributed by atoms with Crippen molar-refractivity contribution >= 4 is 5.78 Å². The molecule has 0 radical (unpaired) electrons. The quantitative estimate of drug-likeness (QED) is 0.852. The van der Waals surface area contributed by atoms with Crippen molar-refractivity contribution in [3.8, 4) is 16.9 Å². The number of carbonyl (C=O) groups excluding carboxylic acids is 1. The van der Waals surface area contributed by atoms with Crippen molar-refractivity contribution in [3.63, 3.8) is 0 Å². The molecule has 4 heteroatoms. The normalized spacial score (nSPS) is 17.9. The summed E-state index contributed by atoms with van der Waals surface area (Å²) in [6.07, 6.45) is 0.835. The molecule has 0 spiro atoms. The Morgan fingerprint density at radius 2 is 2.05 bits per heavy atom. The monoisotopic (exact) mass is 285 g/mol. The number of phenols is 1. The summed E-state index contributed by atoms with van der Waals surface area (Å²) in [6, 6.07) is 11.4. The summed E-state index contributed by atoms with van der Waals surface area (Å²) in [7, 11) is 0. The molecule has 1 aliphatic rings. The zero-order chi connectivity index (χ0) is 14.8. The molecule has 21 heavy (non-hydrogen) atoms. The molecule has 0 aliphatic carbocycles. The lowest BCUT2D eigenvalue weighted by molar-refractivity contribution is 0.0931. The van der Waals surface area contributed by atoms with Crippen molar-refractivity contribution < 1.29 is 14.3 Å². The van der Waals surface area contributed by atoms with Crippen molar-refractivity contribution in [2.75, 3.05) is 13.1 Å². The number of nitrogens with one attached hydrogen (secondary N) is 1. The Morgan fingerprint density at radius 1 is 1.24 bits per heavy atom. The second-order valence-corrected chi connectivity index (χ2v) is 5.27. The van der Waals surface area contributed by atoms with Crippen LogP contribution in [0.4, 0.5) is 4.39 Å². The molecule has 2 aromatic rings. The maximum Gasteiger partial charge on any atom is 0.167 e. The minimum Gasteiger partial charge on any atom is -0.505 e. The highest BCUT2D eigenvalue weighted by molar-refractivity contribution is 6.04. The van der Waals surface area contributed by atoms with Gasteiger partial charge in [-0.25, -0.2) is 4.39 Å². The third-order valence-corrected chi connectivity index (χ3v) is 3.88. The van der Waals surface area contributed by atoms with Crippen LogP contribution in [0.15, 0.2) is 42.5 Å². The van der Waals surface area contributed by atoms with E-state index in [1.54, 1.807) is 12.1 Å². The highest BCUT2D eigenvalue weighted by atomic mass is 19.1. The number of ketones is 1. The molecule has 3 rings (SSSR count). The van der Waals surface area contributed by atoms with E-state index < -0.39 is 11.6 Å². The standard InChI is InChI=1S/C17H16FNO2/c18-15-6-5-11(9-16(15)20)13-3-1-2-4-14(13)17(21)12-7-8-19-10-12/h1-6,9,12,19-20H,7-8,10H2. The Kier molecular flexibility index (Phi) is 3.71. The zero-order valence-electron chi connectivity index (χ0n) is 11.5. The Morgan fingerprint density at radius 3 is 2.76 bits per heavy atom. The van der Waals surface area contributed by atoms with Crippen LogP contribution in [0.2, 0.25) is 0 Å². The predicted octanol–water partition coefficient (Wildman–Crippen LogP) is 2.99. The molecule has 0 amide bonds. The fourth-order valence-corrected chi connectivity index (χ4v) is 2.73. The molecular formula is C17H16FNO2. The first-order valence-corrected chi connectivity index (χ1v) is 6.99. The van der Waals surface area contributed by atoms with Crippen LogP contribution in [0.25, 0.3) is 11.1 Å². The van der Waals surface area contributed by atoms with Crippen molar-refractivity contribution in [2.45, 2.75) is 6.42 Å². The lowest BCUT2D eigenvalue weighted by Crippen LogP contribution is -2.18. The smallest absolute Gasteiger partial charge is 0.167 e. The SMILES string of the molecule is O=C(c1ccccc1-c1ccc(F)c(O)c1)C1CCNC1. The van der Waals surface area contributed by atoms with E-state index in [4.69, 9.17) is 0 Å². The Labute approximate surface area is 122 Å². The van der Waals surface area contributed by atoms with Gasteiger partial charge in [0.1, 0.15) is 0 Å². The van der Waals surface area contributed by atoms with E-state index in [0.717, 1.165) is 18.5 Å². The predicted molar refractivity (Wildman–Crippen MR) is 78.8 cm³/mol. The van der Waals surface area contributed by atoms with Crippen LogP contribution in [-0.4, -0.2) is 24.0 Å². The fraction of sp³-hybridized carbons (Fsp3) is 0.235. The van der Waals surface area contributed by atoms with Crippen molar-refractivity contribution in [3.05, 3.63) is 53.8 Å². The summed E-state index contributed by atoms with van der Waals surface area (Å²) >= 11 is 0. The zero-order valence-corrected chi connectivity index (χ0v) is 11.5. The highest BCUT2D eigenvalue weighted by Crippen LogP contribution is 2.30. The van der Waals surface area contributed by atoms with Gasteiger partial charge in [-0.2, -0.15) is 0 Å². The number of halogens is 1. The molecule has 1 saturated heterocycles. The third-order valence-electron chi connectivity index (χ3n) is 3.88. The lowest BCUT2D eigenvalue weighted by atomic mass is 9.90. The first-order valence-electron chi connectivity index (χ1n) is 6.99. The van der Waals surface area contributed by atoms with Crippen LogP contribution in [0.1, 0.15) is 16.8 Å². The number of hydrogen-bond acceptors (Lipinski definition) is 3. The van der Waals surface area contributed by atoms with Gasteiger partial charge in [0.25, 0.3) is 0 Å². The van der Waals surface area contributed by atoms with Crippen LogP contribution in [0.3, 0.4) is 0 Å². The molecule has 3 nitrogen and oxygen atoms in total. The number of rotatable bonds is 3. The largest absolute Gasteiger partial charge is 0.505 e. The van der Waals surface area contributed by atoms with E-state index in [1.807, 2.05) is 18.2 Å². The summed E-state index contributed by atoms with van der Waals surface area (Å²) in [5, 5.41) is 12.7. The molecule has 1 fully saturated rings. The highest BCUT2D eigenvalue weighted by Gasteiger charge is 2.25. The number of aromatic hydroxyl groups is 1. The van der Waals surface area contributed by atoms with Crippen molar-refractivity contribution in [2.24, 2.45) is 5.92 Å². The molecule has 2 aromatic carbocycles. The van der Waals surface area contributed by atoms with Gasteiger partial charge in [-0.1, -0.05) is 30.3 Å². The van der Waals surface area contributed by atoms with Crippen LogP contribution in [0.5, 0.6) is 5.75 Å². The maximum atomic E-state index is 13.2. The molecule has 1 aliphatic heterocycles. The Bertz CT molecular complexity index is 678. The van der Waals surface area contributed by atoms with Gasteiger partial charge in [-0.3, -0.25) is 4.79 Å². The van der Waals surface area contributed by atoms with Crippen LogP contribution in [0, 0.1) is 11.7 Å². The number of phenolic OH excluding ortho intramolecular Hbond substituents is 1. The average molecular weight is 285 g/mol. The van der Waals surface area contributed by atoms with Gasteiger partial charge in [0.05, 0.1) is 0 Å². The molecule has 0 bridgehead atoms. The van der Waals surface area contributed by atoms with E-state index in [0.29, 0.717) is 17.7 Å². The van der Waals surface area contributed by atoms with E-state index in [2.05, 4.69) is 5.32 Å². The summed E-state index contributed by atoms with van der Waals surface area (Å²) in [5.41, 5.74) is 1.99. The molecule has 1 atom stereocenters. The summed E-state index contributed by atoms with van der Waals surface area (Å²) in [4.78, 5) is 12.6. The maximum absolute atomic E-state index is 13.2. The van der Waals surface area contributed by atoms with Crippen molar-refractivity contribution in [1.29, 1.82) is 0 Å². The van der Waals surface area contributed by atoms with Crippen molar-refractivity contribution in [1.82, 2.24) is 5.32 Å². The minimum absolute atomic E-state index is 0.0137. The fourth-order valence-electron chi connectivity index (χ4n) is 2.73. The molecule has 108 valence electrons. The summed E-state index contributed by atoms with van der Waals surface area (Å²) in [6.45, 7) is 1.55. The van der Waals surface area contributed by atoms with E-state index in [9.17, 15) is 14.3 Å². The van der Waals surface area contributed by atoms with Gasteiger partial charge in [0, 0.05) is 18.0 Å². The number of benzene rings is 2. The second kappa shape index (κ2) is 5.66. The number of Topliss-reactive ketones (excluding diaryl/α,β-unsaturated/α-hetero) is 1. The Balaban J connectivity index is 2.02. The van der Waals surface area contributed by atoms with Crippen LogP contribution >= 0.6 is 0 Å². The number of carbonyl (C=O) groups is 1. The van der Waals surface area contributed by atoms with Gasteiger partial charge < -0.3 is 10.4 Å². The topological polar surface area (TPSA) is 49.3 Å². The number of hydrogen-bond donors (Lipinski definition) is 2. The molecular weight excluding hydrogens is 269 g/mol. The summed E-state index contributed by atoms with van der Waals surface area (Å²) < 4.78 is 13.2. The Hall–Kier alpha value is -2.20. The van der Waals surface area contributed by atoms with Crippen LogP contribution in [-0.2, 0) is 0 Å². The first-order chi connectivity index (χ1) is 10.2. The van der Waals surface area contributed by atoms with Gasteiger partial charge in [-0.05, 0) is 36.2 Å². The first kappa shape index (κ1) is 13.8. The summed E-state index contributed by atoms with van der Waals surface area (Å²) in [5.74, 6) is -0.987. The average Bonchev–Trinajstić information content (AvgIpc) is 3.04. The minimum atomic E-state index is -0.664.